The highest BCUT2D eigenvalue weighted by Crippen LogP contribution is 2.52. The minimum absolute atomic E-state index is 0.257. The normalized spacial score (nSPS) is 21.2. The molecule has 176 valence electrons. The van der Waals surface area contributed by atoms with E-state index in [0.29, 0.717) is 22.5 Å². The highest BCUT2D eigenvalue weighted by molar-refractivity contribution is 6.77. The Bertz CT molecular complexity index is 756. The highest BCUT2D eigenvalue weighted by Gasteiger charge is 2.54. The molecule has 0 aliphatic heterocycles. The van der Waals surface area contributed by atoms with E-state index < -0.39 is 8.32 Å². The molecule has 3 rings (SSSR count). The summed E-state index contributed by atoms with van der Waals surface area (Å²) in [6.07, 6.45) is 2.45. The van der Waals surface area contributed by atoms with E-state index in [2.05, 4.69) is 114 Å². The van der Waals surface area contributed by atoms with Crippen LogP contribution in [0.5, 0.6) is 0 Å². The van der Waals surface area contributed by atoms with Crippen molar-refractivity contribution in [2.75, 3.05) is 6.61 Å². The average molecular weight is 452 g/mol. The Hall–Kier alpha value is -1.42. The third-order valence-electron chi connectivity index (χ3n) is 8.06. The molecule has 2 atom stereocenters. The molecule has 0 spiro atoms. The molecule has 0 N–H and O–H groups in total. The molecule has 3 heteroatoms. The molecule has 0 saturated heterocycles. The number of benzene rings is 2. The Balaban J connectivity index is 1.68. The van der Waals surface area contributed by atoms with Gasteiger partial charge in [-0.25, -0.2) is 0 Å². The van der Waals surface area contributed by atoms with E-state index in [0.717, 1.165) is 19.7 Å². The smallest absolute Gasteiger partial charge is 0.200 e. The fourth-order valence-corrected chi connectivity index (χ4v) is 11.6. The van der Waals surface area contributed by atoms with Gasteiger partial charge >= 0.3 is 0 Å². The maximum atomic E-state index is 6.89. The Morgan fingerprint density at radius 3 is 1.66 bits per heavy atom. The summed E-state index contributed by atoms with van der Waals surface area (Å²) in [5.74, 6) is 0.716. The molecule has 2 aromatic rings. The van der Waals surface area contributed by atoms with Crippen molar-refractivity contribution in [2.45, 2.75) is 96.6 Å². The zero-order chi connectivity index (χ0) is 23.4. The lowest BCUT2D eigenvalue weighted by Crippen LogP contribution is -2.48. The summed E-state index contributed by atoms with van der Waals surface area (Å²) in [7, 11) is -1.78. The van der Waals surface area contributed by atoms with Crippen LogP contribution in [0.15, 0.2) is 60.7 Å². The van der Waals surface area contributed by atoms with Crippen LogP contribution < -0.4 is 0 Å². The van der Waals surface area contributed by atoms with Crippen molar-refractivity contribution in [3.63, 3.8) is 0 Å². The molecule has 0 amide bonds. The van der Waals surface area contributed by atoms with Crippen LogP contribution in [0.2, 0.25) is 16.6 Å². The van der Waals surface area contributed by atoms with Gasteiger partial charge in [0, 0.05) is 25.2 Å². The Morgan fingerprint density at radius 2 is 1.25 bits per heavy atom. The summed E-state index contributed by atoms with van der Waals surface area (Å²) in [4.78, 5) is 2.71. The lowest BCUT2D eigenvalue weighted by molar-refractivity contribution is 0.150. The summed E-state index contributed by atoms with van der Waals surface area (Å²) in [6.45, 7) is 19.7. The SMILES string of the molecule is CC(C)[Si](OCCC1C[C@]1(C)N(Cc1ccccc1)Cc1ccccc1)(C(C)C)C(C)C. The minimum Gasteiger partial charge on any atom is -0.416 e. The molecule has 1 fully saturated rings. The topological polar surface area (TPSA) is 12.5 Å². The molecule has 0 aromatic heterocycles. The molecular weight excluding hydrogens is 406 g/mol. The fourth-order valence-electron chi connectivity index (χ4n) is 6.14. The zero-order valence-electron chi connectivity index (χ0n) is 21.5. The van der Waals surface area contributed by atoms with Gasteiger partial charge in [0.2, 0.25) is 0 Å². The lowest BCUT2D eigenvalue weighted by Gasteiger charge is -2.42. The molecule has 2 aromatic carbocycles. The minimum atomic E-state index is -1.78. The first-order valence-electron chi connectivity index (χ1n) is 12.7. The first-order valence-corrected chi connectivity index (χ1v) is 14.8. The molecule has 32 heavy (non-hydrogen) atoms. The maximum absolute atomic E-state index is 6.89. The average Bonchev–Trinajstić information content (AvgIpc) is 3.42. The van der Waals surface area contributed by atoms with Crippen LogP contribution in [0.1, 0.15) is 72.4 Å². The highest BCUT2D eigenvalue weighted by atomic mass is 28.4. The second-order valence-electron chi connectivity index (χ2n) is 11.0. The Kier molecular flexibility index (Phi) is 8.40. The van der Waals surface area contributed by atoms with Crippen LogP contribution in [-0.4, -0.2) is 25.4 Å². The second-order valence-corrected chi connectivity index (χ2v) is 16.5. The van der Waals surface area contributed by atoms with Crippen molar-refractivity contribution >= 4 is 8.32 Å². The van der Waals surface area contributed by atoms with Gasteiger partial charge in [-0.1, -0.05) is 102 Å². The first kappa shape index (κ1) is 25.2. The van der Waals surface area contributed by atoms with Crippen molar-refractivity contribution in [1.29, 1.82) is 0 Å². The van der Waals surface area contributed by atoms with E-state index in [-0.39, 0.29) is 5.54 Å². The third kappa shape index (κ3) is 5.55. The monoisotopic (exact) mass is 451 g/mol. The third-order valence-corrected chi connectivity index (χ3v) is 14.2. The van der Waals surface area contributed by atoms with E-state index in [1.807, 2.05) is 0 Å². The molecular formula is C29H45NOSi. The van der Waals surface area contributed by atoms with E-state index in [4.69, 9.17) is 4.43 Å². The Labute approximate surface area is 198 Å². The first-order chi connectivity index (χ1) is 15.2. The van der Waals surface area contributed by atoms with Gasteiger partial charge < -0.3 is 4.43 Å². The number of hydrogen-bond donors (Lipinski definition) is 0. The van der Waals surface area contributed by atoms with E-state index in [1.165, 1.54) is 24.0 Å². The molecule has 1 unspecified atom stereocenters. The van der Waals surface area contributed by atoms with Crippen LogP contribution in [0.3, 0.4) is 0 Å². The number of rotatable bonds is 12. The largest absolute Gasteiger partial charge is 0.416 e. The predicted molar refractivity (Wildman–Crippen MR) is 140 cm³/mol. The van der Waals surface area contributed by atoms with Gasteiger partial charge in [0.1, 0.15) is 0 Å². The molecule has 2 nitrogen and oxygen atoms in total. The van der Waals surface area contributed by atoms with Crippen molar-refractivity contribution in [2.24, 2.45) is 5.92 Å². The summed E-state index contributed by atoms with van der Waals surface area (Å²) in [5.41, 5.74) is 5.02. The van der Waals surface area contributed by atoms with Crippen LogP contribution in [-0.2, 0) is 17.5 Å². The lowest BCUT2D eigenvalue weighted by atomic mass is 10.1. The zero-order valence-corrected chi connectivity index (χ0v) is 22.5. The number of hydrogen-bond acceptors (Lipinski definition) is 2. The summed E-state index contributed by atoms with van der Waals surface area (Å²) < 4.78 is 6.89. The van der Waals surface area contributed by atoms with Crippen LogP contribution in [0.25, 0.3) is 0 Å². The quantitative estimate of drug-likeness (QED) is 0.303. The van der Waals surface area contributed by atoms with Gasteiger partial charge in [0.05, 0.1) is 0 Å². The summed E-state index contributed by atoms with van der Waals surface area (Å²) >= 11 is 0. The predicted octanol–water partition coefficient (Wildman–Crippen LogP) is 8.05. The standard InChI is InChI=1S/C29H45NOSi/c1-23(2)32(24(3)4,25(5)6)31-19-18-28-20-29(28,7)30(21-26-14-10-8-11-15-26)22-27-16-12-9-13-17-27/h8-17,23-25,28H,18-22H2,1-7H3/t28?,29-/m0/s1. The van der Waals surface area contributed by atoms with Crippen LogP contribution in [0.4, 0.5) is 0 Å². The van der Waals surface area contributed by atoms with Gasteiger partial charge in [-0.3, -0.25) is 4.90 Å². The van der Waals surface area contributed by atoms with Gasteiger partial charge in [-0.15, -0.1) is 0 Å². The van der Waals surface area contributed by atoms with E-state index in [1.54, 1.807) is 0 Å². The van der Waals surface area contributed by atoms with Crippen molar-refractivity contribution in [3.8, 4) is 0 Å². The van der Waals surface area contributed by atoms with Crippen molar-refractivity contribution in [3.05, 3.63) is 71.8 Å². The number of nitrogens with zero attached hydrogens (tertiary/aromatic N) is 1. The summed E-state index contributed by atoms with van der Waals surface area (Å²) in [5, 5.41) is 0. The Morgan fingerprint density at radius 1 is 0.812 bits per heavy atom. The van der Waals surface area contributed by atoms with Crippen molar-refractivity contribution < 1.29 is 4.43 Å². The summed E-state index contributed by atoms with van der Waals surface area (Å²) in [6, 6.07) is 21.9. The molecule has 0 radical (unpaired) electrons. The van der Waals surface area contributed by atoms with Gasteiger partial charge in [-0.2, -0.15) is 0 Å². The molecule has 1 saturated carbocycles. The maximum Gasteiger partial charge on any atom is 0.200 e. The van der Waals surface area contributed by atoms with Gasteiger partial charge in [0.15, 0.2) is 8.32 Å². The molecule has 0 heterocycles. The fraction of sp³-hybridized carbons (Fsp3) is 0.586. The molecule has 1 aliphatic rings. The van der Waals surface area contributed by atoms with Crippen LogP contribution >= 0.6 is 0 Å². The van der Waals surface area contributed by atoms with E-state index >= 15 is 0 Å². The van der Waals surface area contributed by atoms with Crippen molar-refractivity contribution in [1.82, 2.24) is 4.90 Å². The van der Waals surface area contributed by atoms with Crippen LogP contribution in [0, 0.1) is 5.92 Å². The molecule has 1 aliphatic carbocycles. The second kappa shape index (κ2) is 10.7. The van der Waals surface area contributed by atoms with Gasteiger partial charge in [-0.05, 0) is 53.4 Å². The van der Waals surface area contributed by atoms with E-state index in [9.17, 15) is 0 Å². The van der Waals surface area contributed by atoms with Gasteiger partial charge in [0.25, 0.3) is 0 Å². The molecule has 0 bridgehead atoms.